The van der Waals surface area contributed by atoms with Crippen LogP contribution < -0.4 is 4.74 Å². The van der Waals surface area contributed by atoms with E-state index in [0.717, 1.165) is 11.4 Å². The first-order valence-electron chi connectivity index (χ1n) is 6.08. The van der Waals surface area contributed by atoms with E-state index in [0.29, 0.717) is 19.8 Å². The van der Waals surface area contributed by atoms with Gasteiger partial charge in [-0.3, -0.25) is 0 Å². The Morgan fingerprint density at radius 2 is 2.11 bits per heavy atom. The van der Waals surface area contributed by atoms with Crippen molar-refractivity contribution in [3.8, 4) is 11.4 Å². The van der Waals surface area contributed by atoms with E-state index < -0.39 is 0 Å². The number of rotatable bonds is 5. The fourth-order valence-electron chi connectivity index (χ4n) is 1.88. The maximum atomic E-state index is 9.31. The lowest BCUT2D eigenvalue weighted by Crippen LogP contribution is -2.49. The average molecular weight is 261 g/mol. The second kappa shape index (κ2) is 4.99. The lowest BCUT2D eigenvalue weighted by molar-refractivity contribution is -0.153. The average Bonchev–Trinajstić information content (AvgIpc) is 2.93. The Morgan fingerprint density at radius 3 is 2.63 bits per heavy atom. The van der Waals surface area contributed by atoms with Crippen LogP contribution in [0.3, 0.4) is 0 Å². The van der Waals surface area contributed by atoms with Gasteiger partial charge in [0.2, 0.25) is 0 Å². The summed E-state index contributed by atoms with van der Waals surface area (Å²) in [6.45, 7) is 1.66. The summed E-state index contributed by atoms with van der Waals surface area (Å²) in [5, 5.41) is 13.4. The van der Waals surface area contributed by atoms with Crippen LogP contribution in [-0.2, 0) is 4.74 Å². The first-order chi connectivity index (χ1) is 9.31. The van der Waals surface area contributed by atoms with Gasteiger partial charge in [-0.2, -0.15) is 5.10 Å². The molecule has 0 aliphatic carbocycles. The predicted molar refractivity (Wildman–Crippen MR) is 67.2 cm³/mol. The Hall–Kier alpha value is -1.92. The van der Waals surface area contributed by atoms with Gasteiger partial charge in [-0.25, -0.2) is 9.67 Å². The third-order valence-electron chi connectivity index (χ3n) is 3.22. The Kier molecular flexibility index (Phi) is 3.18. The van der Waals surface area contributed by atoms with Crippen molar-refractivity contribution < 1.29 is 14.6 Å². The zero-order valence-corrected chi connectivity index (χ0v) is 10.4. The molecule has 19 heavy (non-hydrogen) atoms. The zero-order chi connectivity index (χ0) is 13.1. The highest BCUT2D eigenvalue weighted by Crippen LogP contribution is 2.28. The van der Waals surface area contributed by atoms with Crippen LogP contribution in [0.4, 0.5) is 0 Å². The van der Waals surface area contributed by atoms with Gasteiger partial charge in [0.1, 0.15) is 25.0 Å². The lowest BCUT2D eigenvalue weighted by atomic mass is 9.88. The number of ether oxygens (including phenoxy) is 2. The molecule has 0 radical (unpaired) electrons. The van der Waals surface area contributed by atoms with Gasteiger partial charge >= 0.3 is 0 Å². The maximum absolute atomic E-state index is 9.31. The van der Waals surface area contributed by atoms with Crippen LogP contribution in [0.2, 0.25) is 0 Å². The number of aliphatic hydroxyl groups excluding tert-OH is 1. The van der Waals surface area contributed by atoms with Crippen molar-refractivity contribution in [1.29, 1.82) is 0 Å². The fraction of sp³-hybridized carbons (Fsp3) is 0.385. The van der Waals surface area contributed by atoms with Crippen LogP contribution in [0.15, 0.2) is 36.9 Å². The second-order valence-electron chi connectivity index (χ2n) is 4.77. The van der Waals surface area contributed by atoms with Gasteiger partial charge in [0, 0.05) is 0 Å². The molecule has 3 rings (SSSR count). The molecule has 6 nitrogen and oxygen atoms in total. The number of nitrogens with zero attached hydrogens (tertiary/aromatic N) is 3. The van der Waals surface area contributed by atoms with E-state index in [2.05, 4.69) is 10.1 Å². The first-order valence-corrected chi connectivity index (χ1v) is 6.08. The van der Waals surface area contributed by atoms with Crippen molar-refractivity contribution >= 4 is 0 Å². The molecule has 1 aromatic carbocycles. The standard InChI is InChI=1S/C13H15N3O3/c17-5-13(6-18-7-13)8-19-12-3-1-11(2-4-12)16-10-14-9-15-16/h1-4,9-10,17H,5-8H2. The van der Waals surface area contributed by atoms with E-state index in [1.54, 1.807) is 11.0 Å². The SMILES string of the molecule is OCC1(COc2ccc(-n3cncn3)cc2)COC1. The molecule has 0 spiro atoms. The molecule has 2 aromatic rings. The van der Waals surface area contributed by atoms with E-state index in [1.165, 1.54) is 6.33 Å². The van der Waals surface area contributed by atoms with Crippen molar-refractivity contribution in [1.82, 2.24) is 14.8 Å². The molecule has 1 N–H and O–H groups in total. The highest BCUT2D eigenvalue weighted by atomic mass is 16.5. The Morgan fingerprint density at radius 1 is 1.32 bits per heavy atom. The maximum Gasteiger partial charge on any atom is 0.138 e. The molecular weight excluding hydrogens is 246 g/mol. The van der Waals surface area contributed by atoms with Crippen LogP contribution >= 0.6 is 0 Å². The van der Waals surface area contributed by atoms with Gasteiger partial charge in [-0.1, -0.05) is 0 Å². The van der Waals surface area contributed by atoms with Gasteiger partial charge in [-0.15, -0.1) is 0 Å². The van der Waals surface area contributed by atoms with Crippen molar-refractivity contribution in [2.45, 2.75) is 0 Å². The normalized spacial score (nSPS) is 16.9. The summed E-state index contributed by atoms with van der Waals surface area (Å²) in [5.41, 5.74) is 0.693. The fourth-order valence-corrected chi connectivity index (χ4v) is 1.88. The molecule has 1 fully saturated rings. The lowest BCUT2D eigenvalue weighted by Gasteiger charge is -2.39. The van der Waals surface area contributed by atoms with Crippen LogP contribution in [-0.4, -0.2) is 46.3 Å². The van der Waals surface area contributed by atoms with Crippen LogP contribution in [0.25, 0.3) is 5.69 Å². The van der Waals surface area contributed by atoms with Crippen LogP contribution in [0, 0.1) is 5.41 Å². The number of hydrogen-bond acceptors (Lipinski definition) is 5. The molecule has 0 saturated carbocycles. The van der Waals surface area contributed by atoms with Gasteiger partial charge in [-0.05, 0) is 24.3 Å². The molecule has 6 heteroatoms. The molecular formula is C13H15N3O3. The van der Waals surface area contributed by atoms with Crippen LogP contribution in [0.1, 0.15) is 0 Å². The molecule has 100 valence electrons. The second-order valence-corrected chi connectivity index (χ2v) is 4.77. The third-order valence-corrected chi connectivity index (χ3v) is 3.22. The van der Waals surface area contributed by atoms with Gasteiger partial charge < -0.3 is 14.6 Å². The molecule has 0 bridgehead atoms. The molecule has 1 aliphatic heterocycles. The third kappa shape index (κ3) is 2.45. The van der Waals surface area contributed by atoms with E-state index in [4.69, 9.17) is 9.47 Å². The Labute approximate surface area is 110 Å². The number of hydrogen-bond donors (Lipinski definition) is 1. The smallest absolute Gasteiger partial charge is 0.138 e. The van der Waals surface area contributed by atoms with E-state index in [9.17, 15) is 5.11 Å². The molecule has 0 atom stereocenters. The number of aliphatic hydroxyl groups is 1. The van der Waals surface area contributed by atoms with Crippen molar-refractivity contribution in [2.75, 3.05) is 26.4 Å². The number of benzene rings is 1. The van der Waals surface area contributed by atoms with E-state index >= 15 is 0 Å². The summed E-state index contributed by atoms with van der Waals surface area (Å²) in [6, 6.07) is 7.57. The van der Waals surface area contributed by atoms with Crippen molar-refractivity contribution in [3.05, 3.63) is 36.9 Å². The highest BCUT2D eigenvalue weighted by molar-refractivity contribution is 5.36. The van der Waals surface area contributed by atoms with Crippen molar-refractivity contribution in [2.24, 2.45) is 5.41 Å². The minimum atomic E-state index is -0.232. The Balaban J connectivity index is 1.63. The molecule has 0 unspecified atom stereocenters. The summed E-state index contributed by atoms with van der Waals surface area (Å²) < 4.78 is 12.5. The first kappa shape index (κ1) is 12.1. The largest absolute Gasteiger partial charge is 0.493 e. The van der Waals surface area contributed by atoms with Gasteiger partial charge in [0.25, 0.3) is 0 Å². The topological polar surface area (TPSA) is 69.4 Å². The highest BCUT2D eigenvalue weighted by Gasteiger charge is 2.39. The molecule has 0 amide bonds. The summed E-state index contributed by atoms with van der Waals surface area (Å²) >= 11 is 0. The van der Waals surface area contributed by atoms with Crippen LogP contribution in [0.5, 0.6) is 5.75 Å². The molecule has 1 saturated heterocycles. The zero-order valence-electron chi connectivity index (χ0n) is 10.4. The number of aromatic nitrogens is 3. The summed E-state index contributed by atoms with van der Waals surface area (Å²) in [6.07, 6.45) is 3.13. The van der Waals surface area contributed by atoms with Crippen molar-refractivity contribution in [3.63, 3.8) is 0 Å². The Bertz CT molecular complexity index is 515. The minimum Gasteiger partial charge on any atom is -0.493 e. The summed E-state index contributed by atoms with van der Waals surface area (Å²) in [7, 11) is 0. The molecule has 2 heterocycles. The molecule has 1 aromatic heterocycles. The van der Waals surface area contributed by atoms with Gasteiger partial charge in [0.15, 0.2) is 0 Å². The quantitative estimate of drug-likeness (QED) is 0.856. The summed E-state index contributed by atoms with van der Waals surface area (Å²) in [5.74, 6) is 0.767. The van der Waals surface area contributed by atoms with E-state index in [-0.39, 0.29) is 12.0 Å². The van der Waals surface area contributed by atoms with E-state index in [1.807, 2.05) is 24.3 Å². The molecule has 1 aliphatic rings. The summed E-state index contributed by atoms with van der Waals surface area (Å²) in [4.78, 5) is 3.90. The minimum absolute atomic E-state index is 0.0873. The predicted octanol–water partition coefficient (Wildman–Crippen LogP) is 0.655. The monoisotopic (exact) mass is 261 g/mol. The van der Waals surface area contributed by atoms with Gasteiger partial charge in [0.05, 0.1) is 30.9 Å².